The summed E-state index contributed by atoms with van der Waals surface area (Å²) < 4.78 is 46.3. The Kier molecular flexibility index (Phi) is 8.44. The van der Waals surface area contributed by atoms with Crippen molar-refractivity contribution in [3.05, 3.63) is 77.5 Å². The molecule has 178 valence electrons. The fourth-order valence-electron chi connectivity index (χ4n) is 3.91. The molecule has 1 saturated heterocycles. The van der Waals surface area contributed by atoms with Crippen LogP contribution in [0.1, 0.15) is 34.8 Å². The Hall–Kier alpha value is -2.50. The van der Waals surface area contributed by atoms with Crippen molar-refractivity contribution in [3.8, 4) is 0 Å². The molecule has 3 aromatic rings. The first-order valence-corrected chi connectivity index (χ1v) is 10.6. The molecule has 1 aliphatic rings. The second kappa shape index (κ2) is 11.1. The van der Waals surface area contributed by atoms with Gasteiger partial charge in [-0.2, -0.15) is 18.3 Å². The highest BCUT2D eigenvalue weighted by atomic mass is 127. The molecular formula is C23H27F3IN5O. The summed E-state index contributed by atoms with van der Waals surface area (Å²) in [6, 6.07) is 9.08. The van der Waals surface area contributed by atoms with E-state index >= 15 is 0 Å². The van der Waals surface area contributed by atoms with Crippen molar-refractivity contribution in [2.45, 2.75) is 31.5 Å². The number of halogens is 4. The number of guanidine groups is 1. The van der Waals surface area contributed by atoms with Crippen LogP contribution in [0.25, 0.3) is 0 Å². The van der Waals surface area contributed by atoms with Crippen molar-refractivity contribution < 1.29 is 17.6 Å². The van der Waals surface area contributed by atoms with E-state index in [0.717, 1.165) is 37.4 Å². The third-order valence-electron chi connectivity index (χ3n) is 5.58. The first-order chi connectivity index (χ1) is 15.4. The lowest BCUT2D eigenvalue weighted by Crippen LogP contribution is -2.41. The summed E-state index contributed by atoms with van der Waals surface area (Å²) in [7, 11) is 1.90. The van der Waals surface area contributed by atoms with E-state index in [1.807, 2.05) is 31.6 Å². The Morgan fingerprint density at radius 2 is 2.12 bits per heavy atom. The molecule has 33 heavy (non-hydrogen) atoms. The monoisotopic (exact) mass is 573 g/mol. The van der Waals surface area contributed by atoms with Gasteiger partial charge in [-0.05, 0) is 41.8 Å². The Bertz CT molecular complexity index is 1050. The number of hydrogen-bond donors (Lipinski definition) is 1. The molecule has 3 heterocycles. The lowest BCUT2D eigenvalue weighted by molar-refractivity contribution is -0.137. The van der Waals surface area contributed by atoms with E-state index in [1.54, 1.807) is 17.0 Å². The number of likely N-dealkylation sites (tertiary alicyclic amines) is 1. The lowest BCUT2D eigenvalue weighted by Gasteiger charge is -2.22. The fraction of sp³-hybridized carbons (Fsp3) is 0.391. The summed E-state index contributed by atoms with van der Waals surface area (Å²) >= 11 is 0. The average molecular weight is 573 g/mol. The van der Waals surface area contributed by atoms with Gasteiger partial charge in [0.25, 0.3) is 0 Å². The van der Waals surface area contributed by atoms with E-state index in [0.29, 0.717) is 30.4 Å². The molecule has 0 saturated carbocycles. The Balaban J connectivity index is 0.00000306. The minimum absolute atomic E-state index is 0. The molecular weight excluding hydrogens is 546 g/mol. The smallest absolute Gasteiger partial charge is 0.416 e. The van der Waals surface area contributed by atoms with Gasteiger partial charge in [0.1, 0.15) is 5.76 Å². The van der Waals surface area contributed by atoms with Crippen LogP contribution in [0.3, 0.4) is 0 Å². The minimum atomic E-state index is -4.37. The van der Waals surface area contributed by atoms with Gasteiger partial charge in [0, 0.05) is 45.2 Å². The van der Waals surface area contributed by atoms with Crippen LogP contribution in [0, 0.1) is 0 Å². The first kappa shape index (κ1) is 25.1. The number of nitrogens with one attached hydrogen (secondary N) is 1. The molecule has 1 aliphatic heterocycles. The zero-order valence-corrected chi connectivity index (χ0v) is 20.6. The second-order valence-electron chi connectivity index (χ2n) is 7.97. The molecule has 6 nitrogen and oxygen atoms in total. The van der Waals surface area contributed by atoms with Crippen molar-refractivity contribution in [1.82, 2.24) is 20.0 Å². The van der Waals surface area contributed by atoms with Gasteiger partial charge < -0.3 is 14.6 Å². The standard InChI is InChI=1S/C23H26F3N5O.HI/c1-30-15-19(14-29-30)18-8-10-31(16-18)22(27-9-7-21-6-3-11-32-21)28-13-17-4-2-5-20(12-17)23(24,25)26;/h2-6,11-12,14-15,18H,7-10,13,16H2,1H3,(H,27,28);1H. The molecule has 0 aliphatic carbocycles. The summed E-state index contributed by atoms with van der Waals surface area (Å²) in [4.78, 5) is 6.82. The molecule has 0 radical (unpaired) electrons. The molecule has 1 atom stereocenters. The van der Waals surface area contributed by atoms with Gasteiger partial charge in [-0.25, -0.2) is 4.99 Å². The van der Waals surface area contributed by atoms with E-state index < -0.39 is 11.7 Å². The predicted octanol–water partition coefficient (Wildman–Crippen LogP) is 4.83. The fourth-order valence-corrected chi connectivity index (χ4v) is 3.91. The molecule has 1 fully saturated rings. The van der Waals surface area contributed by atoms with Crippen molar-refractivity contribution in [2.24, 2.45) is 12.0 Å². The van der Waals surface area contributed by atoms with Crippen LogP contribution in [0.5, 0.6) is 0 Å². The molecule has 0 bridgehead atoms. The molecule has 1 unspecified atom stereocenters. The third kappa shape index (κ3) is 6.75. The molecule has 0 amide bonds. The molecule has 4 rings (SSSR count). The number of aromatic nitrogens is 2. The normalized spacial score (nSPS) is 16.7. The van der Waals surface area contributed by atoms with Gasteiger partial charge in [-0.1, -0.05) is 12.1 Å². The molecule has 1 aromatic carbocycles. The number of nitrogens with zero attached hydrogens (tertiary/aromatic N) is 4. The van der Waals surface area contributed by atoms with Crippen LogP contribution in [0.15, 0.2) is 64.5 Å². The molecule has 1 N–H and O–H groups in total. The Morgan fingerprint density at radius 1 is 1.27 bits per heavy atom. The average Bonchev–Trinajstić information content (AvgIpc) is 3.52. The number of rotatable bonds is 6. The SMILES string of the molecule is Cn1cc(C2CCN(C(=NCc3cccc(C(F)(F)F)c3)NCCc3ccco3)C2)cn1.I. The maximum Gasteiger partial charge on any atom is 0.416 e. The van der Waals surface area contributed by atoms with Crippen LogP contribution < -0.4 is 5.32 Å². The van der Waals surface area contributed by atoms with Crippen molar-refractivity contribution >= 4 is 29.9 Å². The number of aliphatic imine (C=N–C) groups is 1. The van der Waals surface area contributed by atoms with Crippen LogP contribution in [0.4, 0.5) is 13.2 Å². The molecule has 10 heteroatoms. The van der Waals surface area contributed by atoms with Crippen LogP contribution >= 0.6 is 24.0 Å². The molecule has 2 aromatic heterocycles. The largest absolute Gasteiger partial charge is 0.469 e. The van der Waals surface area contributed by atoms with Gasteiger partial charge in [0.15, 0.2) is 5.96 Å². The maximum atomic E-state index is 13.0. The number of alkyl halides is 3. The Morgan fingerprint density at radius 3 is 2.82 bits per heavy atom. The quantitative estimate of drug-likeness (QED) is 0.261. The highest BCUT2D eigenvalue weighted by molar-refractivity contribution is 14.0. The van der Waals surface area contributed by atoms with Crippen molar-refractivity contribution in [2.75, 3.05) is 19.6 Å². The Labute approximate surface area is 207 Å². The third-order valence-corrected chi connectivity index (χ3v) is 5.58. The number of hydrogen-bond acceptors (Lipinski definition) is 3. The zero-order chi connectivity index (χ0) is 22.6. The summed E-state index contributed by atoms with van der Waals surface area (Å²) in [5, 5.41) is 7.63. The second-order valence-corrected chi connectivity index (χ2v) is 7.97. The lowest BCUT2D eigenvalue weighted by atomic mass is 10.0. The van der Waals surface area contributed by atoms with Gasteiger partial charge in [0.05, 0.1) is 24.6 Å². The van der Waals surface area contributed by atoms with Crippen LogP contribution in [-0.2, 0) is 26.2 Å². The zero-order valence-electron chi connectivity index (χ0n) is 18.3. The van der Waals surface area contributed by atoms with E-state index in [2.05, 4.69) is 20.3 Å². The van der Waals surface area contributed by atoms with Crippen molar-refractivity contribution in [3.63, 3.8) is 0 Å². The summed E-state index contributed by atoms with van der Waals surface area (Å²) in [6.45, 7) is 2.37. The van der Waals surface area contributed by atoms with Crippen LogP contribution in [0.2, 0.25) is 0 Å². The number of aryl methyl sites for hydroxylation is 1. The van der Waals surface area contributed by atoms with Gasteiger partial charge in [-0.3, -0.25) is 4.68 Å². The topological polar surface area (TPSA) is 58.6 Å². The van der Waals surface area contributed by atoms with Gasteiger partial charge in [0.2, 0.25) is 0 Å². The van der Waals surface area contributed by atoms with E-state index in [-0.39, 0.29) is 30.5 Å². The van der Waals surface area contributed by atoms with E-state index in [1.165, 1.54) is 11.6 Å². The highest BCUT2D eigenvalue weighted by Crippen LogP contribution is 2.30. The van der Waals surface area contributed by atoms with Crippen molar-refractivity contribution in [1.29, 1.82) is 0 Å². The summed E-state index contributed by atoms with van der Waals surface area (Å²) in [5.41, 5.74) is 1.05. The minimum Gasteiger partial charge on any atom is -0.469 e. The number of benzene rings is 1. The highest BCUT2D eigenvalue weighted by Gasteiger charge is 2.30. The van der Waals surface area contributed by atoms with Gasteiger partial charge in [-0.15, -0.1) is 24.0 Å². The van der Waals surface area contributed by atoms with E-state index in [9.17, 15) is 13.2 Å². The number of furan rings is 1. The maximum absolute atomic E-state index is 13.0. The van der Waals surface area contributed by atoms with Crippen LogP contribution in [-0.4, -0.2) is 40.3 Å². The summed E-state index contributed by atoms with van der Waals surface area (Å²) in [5.74, 6) is 1.90. The molecule has 0 spiro atoms. The first-order valence-electron chi connectivity index (χ1n) is 10.6. The summed E-state index contributed by atoms with van der Waals surface area (Å²) in [6.07, 6.45) is 2.84. The predicted molar refractivity (Wildman–Crippen MR) is 131 cm³/mol. The van der Waals surface area contributed by atoms with E-state index in [4.69, 9.17) is 4.42 Å². The van der Waals surface area contributed by atoms with Gasteiger partial charge >= 0.3 is 6.18 Å².